The molecule has 4 nitrogen and oxygen atoms in total. The van der Waals surface area contributed by atoms with Crippen molar-refractivity contribution in [3.05, 3.63) is 0 Å². The molecule has 0 aliphatic rings. The first kappa shape index (κ1) is 13.7. The minimum Gasteiger partial charge on any atom is -0.370 e. The lowest BCUT2D eigenvalue weighted by atomic mass is 10.3. The van der Waals surface area contributed by atoms with E-state index in [-0.39, 0.29) is 18.6 Å². The van der Waals surface area contributed by atoms with Gasteiger partial charge in [0.15, 0.2) is 0 Å². The van der Waals surface area contributed by atoms with Crippen molar-refractivity contribution in [1.82, 2.24) is 4.90 Å². The molecular formula is C9H20N2O2S. The van der Waals surface area contributed by atoms with Crippen LogP contribution in [0.5, 0.6) is 0 Å². The lowest BCUT2D eigenvalue weighted by Gasteiger charge is -2.24. The van der Waals surface area contributed by atoms with Gasteiger partial charge in [0.25, 0.3) is 0 Å². The minimum atomic E-state index is 0.0139. The molecule has 1 unspecified atom stereocenters. The van der Waals surface area contributed by atoms with Crippen molar-refractivity contribution in [2.24, 2.45) is 5.73 Å². The Kier molecular flexibility index (Phi) is 7.93. The van der Waals surface area contributed by atoms with Crippen molar-refractivity contribution in [2.45, 2.75) is 13.0 Å². The zero-order valence-electron chi connectivity index (χ0n) is 9.16. The standard InChI is InChI=1S/C9H20N2O2S/c1-8(7-14-3)11(2)9(12)6-13-5-4-10/h8H,4-7,10H2,1-3H3. The van der Waals surface area contributed by atoms with Crippen LogP contribution in [0.1, 0.15) is 6.92 Å². The summed E-state index contributed by atoms with van der Waals surface area (Å²) >= 11 is 1.73. The first-order chi connectivity index (χ1) is 6.63. The van der Waals surface area contributed by atoms with Gasteiger partial charge in [0.05, 0.1) is 6.61 Å². The number of nitrogens with two attached hydrogens (primary N) is 1. The second kappa shape index (κ2) is 8.08. The molecule has 0 fully saturated rings. The third-order valence-corrected chi connectivity index (χ3v) is 2.77. The highest BCUT2D eigenvalue weighted by molar-refractivity contribution is 7.98. The van der Waals surface area contributed by atoms with Gasteiger partial charge in [-0.3, -0.25) is 4.79 Å². The van der Waals surface area contributed by atoms with Gasteiger partial charge in [0, 0.05) is 25.4 Å². The van der Waals surface area contributed by atoms with Crippen molar-refractivity contribution >= 4 is 17.7 Å². The fourth-order valence-electron chi connectivity index (χ4n) is 0.943. The molecule has 0 aliphatic carbocycles. The predicted molar refractivity (Wildman–Crippen MR) is 60.5 cm³/mol. The summed E-state index contributed by atoms with van der Waals surface area (Å²) in [5.74, 6) is 0.957. The zero-order valence-corrected chi connectivity index (χ0v) is 9.97. The van der Waals surface area contributed by atoms with Gasteiger partial charge >= 0.3 is 0 Å². The van der Waals surface area contributed by atoms with Crippen LogP contribution >= 0.6 is 11.8 Å². The highest BCUT2D eigenvalue weighted by Crippen LogP contribution is 2.03. The number of hydrogen-bond acceptors (Lipinski definition) is 4. The molecule has 1 atom stereocenters. The molecule has 0 saturated heterocycles. The zero-order chi connectivity index (χ0) is 11.0. The monoisotopic (exact) mass is 220 g/mol. The van der Waals surface area contributed by atoms with E-state index in [0.717, 1.165) is 5.75 Å². The number of rotatable bonds is 7. The molecule has 2 N–H and O–H groups in total. The van der Waals surface area contributed by atoms with Crippen molar-refractivity contribution < 1.29 is 9.53 Å². The van der Waals surface area contributed by atoms with E-state index in [4.69, 9.17) is 10.5 Å². The lowest BCUT2D eigenvalue weighted by molar-refractivity contribution is -0.136. The van der Waals surface area contributed by atoms with Gasteiger partial charge < -0.3 is 15.4 Å². The molecular weight excluding hydrogens is 200 g/mol. The summed E-state index contributed by atoms with van der Waals surface area (Å²) in [6.07, 6.45) is 2.03. The van der Waals surface area contributed by atoms with Crippen molar-refractivity contribution in [3.8, 4) is 0 Å². The molecule has 0 spiro atoms. The van der Waals surface area contributed by atoms with Crippen LogP contribution in [0.25, 0.3) is 0 Å². The quantitative estimate of drug-likeness (QED) is 0.622. The van der Waals surface area contributed by atoms with Gasteiger partial charge in [0.1, 0.15) is 6.61 Å². The largest absolute Gasteiger partial charge is 0.370 e. The smallest absolute Gasteiger partial charge is 0.248 e. The Labute approximate surface area is 90.2 Å². The first-order valence-corrected chi connectivity index (χ1v) is 6.05. The highest BCUT2D eigenvalue weighted by Gasteiger charge is 2.14. The topological polar surface area (TPSA) is 55.6 Å². The van der Waals surface area contributed by atoms with Gasteiger partial charge in [-0.1, -0.05) is 0 Å². The number of nitrogens with zero attached hydrogens (tertiary/aromatic N) is 1. The van der Waals surface area contributed by atoms with E-state index >= 15 is 0 Å². The van der Waals surface area contributed by atoms with Crippen LogP contribution in [0.3, 0.4) is 0 Å². The number of carbonyl (C=O) groups excluding carboxylic acids is 1. The maximum absolute atomic E-state index is 11.5. The molecule has 14 heavy (non-hydrogen) atoms. The molecule has 0 aromatic heterocycles. The van der Waals surface area contributed by atoms with Crippen LogP contribution in [0.2, 0.25) is 0 Å². The third-order valence-electron chi connectivity index (χ3n) is 1.95. The van der Waals surface area contributed by atoms with Gasteiger partial charge in [-0.2, -0.15) is 11.8 Å². The molecule has 84 valence electrons. The van der Waals surface area contributed by atoms with Gasteiger partial charge in [-0.05, 0) is 13.2 Å². The van der Waals surface area contributed by atoms with Crippen LogP contribution in [0.4, 0.5) is 0 Å². The Morgan fingerprint density at radius 2 is 2.29 bits per heavy atom. The number of hydrogen-bond donors (Lipinski definition) is 1. The van der Waals surface area contributed by atoms with Crippen LogP contribution in [-0.4, -0.2) is 55.7 Å². The fourth-order valence-corrected chi connectivity index (χ4v) is 1.65. The van der Waals surface area contributed by atoms with E-state index in [1.54, 1.807) is 23.7 Å². The van der Waals surface area contributed by atoms with Crippen LogP contribution in [-0.2, 0) is 9.53 Å². The summed E-state index contributed by atoms with van der Waals surface area (Å²) in [5.41, 5.74) is 5.25. The molecule has 0 aliphatic heterocycles. The Balaban J connectivity index is 3.74. The molecule has 5 heteroatoms. The molecule has 0 saturated carbocycles. The number of ether oxygens (including phenoxy) is 1. The summed E-state index contributed by atoms with van der Waals surface area (Å²) in [5, 5.41) is 0. The van der Waals surface area contributed by atoms with Gasteiger partial charge in [0.2, 0.25) is 5.91 Å². The van der Waals surface area contributed by atoms with Crippen LogP contribution in [0.15, 0.2) is 0 Å². The van der Waals surface area contributed by atoms with Gasteiger partial charge in [-0.15, -0.1) is 0 Å². The average Bonchev–Trinajstić information content (AvgIpc) is 2.17. The summed E-state index contributed by atoms with van der Waals surface area (Å²) in [7, 11) is 1.80. The molecule has 0 rings (SSSR count). The van der Waals surface area contributed by atoms with E-state index in [1.807, 2.05) is 13.2 Å². The Hall–Kier alpha value is -0.260. The summed E-state index contributed by atoms with van der Waals surface area (Å²) in [6, 6.07) is 0.249. The SMILES string of the molecule is CSCC(C)N(C)C(=O)COCCN. The normalized spacial score (nSPS) is 12.6. The maximum atomic E-state index is 11.5. The molecule has 0 aromatic carbocycles. The third kappa shape index (κ3) is 5.47. The second-order valence-corrected chi connectivity index (χ2v) is 4.06. The lowest BCUT2D eigenvalue weighted by Crippen LogP contribution is -2.39. The molecule has 0 heterocycles. The van der Waals surface area contributed by atoms with Crippen molar-refractivity contribution in [1.29, 1.82) is 0 Å². The summed E-state index contributed by atoms with van der Waals surface area (Å²) in [4.78, 5) is 13.2. The molecule has 0 bridgehead atoms. The Morgan fingerprint density at radius 1 is 1.64 bits per heavy atom. The van der Waals surface area contributed by atoms with E-state index < -0.39 is 0 Å². The number of amides is 1. The number of likely N-dealkylation sites (N-methyl/N-ethyl adjacent to an activating group) is 1. The highest BCUT2D eigenvalue weighted by atomic mass is 32.2. The summed E-state index contributed by atoms with van der Waals surface area (Å²) in [6.45, 7) is 3.05. The van der Waals surface area contributed by atoms with E-state index in [9.17, 15) is 4.79 Å². The molecule has 0 radical (unpaired) electrons. The van der Waals surface area contributed by atoms with Crippen molar-refractivity contribution in [3.63, 3.8) is 0 Å². The van der Waals surface area contributed by atoms with Crippen LogP contribution in [0, 0.1) is 0 Å². The maximum Gasteiger partial charge on any atom is 0.248 e. The van der Waals surface area contributed by atoms with E-state index in [1.165, 1.54) is 0 Å². The molecule has 0 aromatic rings. The first-order valence-electron chi connectivity index (χ1n) is 4.65. The van der Waals surface area contributed by atoms with Crippen molar-refractivity contribution in [2.75, 3.05) is 38.8 Å². The summed E-state index contributed by atoms with van der Waals surface area (Å²) < 4.78 is 5.07. The average molecular weight is 220 g/mol. The minimum absolute atomic E-state index is 0.0139. The molecule has 1 amide bonds. The number of thioether (sulfide) groups is 1. The van der Waals surface area contributed by atoms with Crippen LogP contribution < -0.4 is 5.73 Å². The van der Waals surface area contributed by atoms with E-state index in [2.05, 4.69) is 0 Å². The predicted octanol–water partition coefficient (Wildman–Crippen LogP) is 0.172. The second-order valence-electron chi connectivity index (χ2n) is 3.15. The fraction of sp³-hybridized carbons (Fsp3) is 0.889. The Morgan fingerprint density at radius 3 is 2.79 bits per heavy atom. The Bertz CT molecular complexity index is 167. The van der Waals surface area contributed by atoms with Gasteiger partial charge in [-0.25, -0.2) is 0 Å². The van der Waals surface area contributed by atoms with E-state index in [0.29, 0.717) is 13.2 Å². The number of carbonyl (C=O) groups is 1.